The third-order valence-electron chi connectivity index (χ3n) is 7.07. The molecule has 5 aliphatic carbocycles. The summed E-state index contributed by atoms with van der Waals surface area (Å²) in [7, 11) is 0. The number of halogens is 2. The largest absolute Gasteiger partial charge is 0.147 e. The van der Waals surface area contributed by atoms with Crippen molar-refractivity contribution >= 4 is 24.8 Å². The maximum Gasteiger partial charge on any atom is -0.147 e. The predicted molar refractivity (Wildman–Crippen MR) is 124 cm³/mol. The van der Waals surface area contributed by atoms with E-state index < -0.39 is 18.8 Å². The maximum atomic E-state index is 2.49. The van der Waals surface area contributed by atoms with Crippen molar-refractivity contribution in [1.82, 2.24) is 0 Å². The predicted octanol–water partition coefficient (Wildman–Crippen LogP) is 7.74. The first-order chi connectivity index (χ1) is 12.9. The van der Waals surface area contributed by atoms with Crippen molar-refractivity contribution in [2.24, 2.45) is 0 Å². The average Bonchev–Trinajstić information content (AvgIpc) is 3.52. The van der Waals surface area contributed by atoms with E-state index in [1.165, 1.54) is 0 Å². The van der Waals surface area contributed by atoms with Crippen LogP contribution in [0.3, 0.4) is 0 Å². The molecule has 5 aliphatic rings. The molecule has 145 valence electrons. The zero-order valence-electron chi connectivity index (χ0n) is 16.0. The minimum atomic E-state index is -3.97. The molecule has 0 atom stereocenters. The summed E-state index contributed by atoms with van der Waals surface area (Å²) in [4.78, 5) is 0. The summed E-state index contributed by atoms with van der Waals surface area (Å²) in [5.41, 5.74) is 0. The third-order valence-corrected chi connectivity index (χ3v) is 27.4. The molecule has 0 unspecified atom stereocenters. The van der Waals surface area contributed by atoms with Gasteiger partial charge in [-0.1, -0.05) is 0 Å². The number of hydrogen-bond donors (Lipinski definition) is 0. The summed E-state index contributed by atoms with van der Waals surface area (Å²) >= 11 is -3.97. The Hall–Kier alpha value is -1.14. The van der Waals surface area contributed by atoms with Gasteiger partial charge in [0.15, 0.2) is 0 Å². The van der Waals surface area contributed by atoms with Crippen LogP contribution < -0.4 is 0 Å². The standard InChI is InChI=1S/5C5H5.2ClH.Zr/c5*1-2-4-5-3-1;;;/h5*1-3H,4H2;2*1H;. The molecule has 0 aromatic heterocycles. The summed E-state index contributed by atoms with van der Waals surface area (Å²) in [6.07, 6.45) is 41.4. The first kappa shape index (κ1) is 21.6. The Morgan fingerprint density at radius 3 is 0.750 bits per heavy atom. The van der Waals surface area contributed by atoms with Crippen molar-refractivity contribution in [3.8, 4) is 0 Å². The van der Waals surface area contributed by atoms with Gasteiger partial charge in [-0.3, -0.25) is 0 Å². The second-order valence-electron chi connectivity index (χ2n) is 7.87. The Morgan fingerprint density at radius 2 is 0.607 bits per heavy atom. The van der Waals surface area contributed by atoms with Crippen LogP contribution in [0.5, 0.6) is 0 Å². The van der Waals surface area contributed by atoms with Crippen molar-refractivity contribution in [2.75, 3.05) is 0 Å². The monoisotopic (exact) mass is 487 g/mol. The molecule has 0 saturated carbocycles. The Balaban J connectivity index is 0.00000112. The molecule has 0 aromatic rings. The van der Waals surface area contributed by atoms with E-state index in [0.29, 0.717) is 0 Å². The van der Waals surface area contributed by atoms with Gasteiger partial charge >= 0.3 is 158 Å². The Kier molecular flexibility index (Phi) is 6.40. The van der Waals surface area contributed by atoms with Crippen molar-refractivity contribution in [1.29, 1.82) is 0 Å². The van der Waals surface area contributed by atoms with Crippen LogP contribution in [0, 0.1) is 0 Å². The smallest absolute Gasteiger partial charge is 0.147 e. The van der Waals surface area contributed by atoms with Crippen LogP contribution in [0.15, 0.2) is 108 Å². The molecule has 0 heterocycles. The van der Waals surface area contributed by atoms with Gasteiger partial charge in [0, 0.05) is 0 Å². The molecule has 0 saturated heterocycles. The minimum absolute atomic E-state index is 0. The molecule has 3 heteroatoms. The van der Waals surface area contributed by atoms with Crippen molar-refractivity contribution in [3.63, 3.8) is 0 Å². The summed E-state index contributed by atoms with van der Waals surface area (Å²) in [5, 5.41) is 0. The first-order valence-corrected chi connectivity index (χ1v) is 16.0. The van der Waals surface area contributed by atoms with E-state index in [1.54, 1.807) is 16.4 Å². The van der Waals surface area contributed by atoms with Gasteiger partial charge in [0.2, 0.25) is 0 Å². The fourth-order valence-corrected chi connectivity index (χ4v) is 28.0. The van der Waals surface area contributed by atoms with Crippen LogP contribution in [0.1, 0.15) is 32.1 Å². The van der Waals surface area contributed by atoms with E-state index in [2.05, 4.69) is 91.1 Å². The molecule has 0 nitrogen and oxygen atoms in total. The molecular formula is C25H27Cl2Zr. The molecule has 0 fully saturated rings. The molecule has 0 N–H and O–H groups in total. The van der Waals surface area contributed by atoms with Gasteiger partial charge in [-0.25, -0.2) is 0 Å². The topological polar surface area (TPSA) is 0 Å². The Labute approximate surface area is 182 Å². The molecular weight excluding hydrogens is 462 g/mol. The van der Waals surface area contributed by atoms with Gasteiger partial charge in [-0.05, 0) is 0 Å². The van der Waals surface area contributed by atoms with Crippen LogP contribution in [-0.4, -0.2) is 0 Å². The molecule has 0 aliphatic heterocycles. The summed E-state index contributed by atoms with van der Waals surface area (Å²) in [5.74, 6) is 0. The van der Waals surface area contributed by atoms with Gasteiger partial charge in [-0.15, -0.1) is 24.8 Å². The van der Waals surface area contributed by atoms with Crippen molar-refractivity contribution in [3.05, 3.63) is 108 Å². The first-order valence-electron chi connectivity index (χ1n) is 9.84. The quantitative estimate of drug-likeness (QED) is 0.371. The zero-order valence-corrected chi connectivity index (χ0v) is 20.1. The van der Waals surface area contributed by atoms with E-state index in [9.17, 15) is 0 Å². The molecule has 0 radical (unpaired) electrons. The summed E-state index contributed by atoms with van der Waals surface area (Å²) in [6.45, 7) is 0. The van der Waals surface area contributed by atoms with Gasteiger partial charge in [-0.2, -0.15) is 0 Å². The van der Waals surface area contributed by atoms with Crippen LogP contribution in [0.25, 0.3) is 0 Å². The number of allylic oxidation sites excluding steroid dienone is 20. The van der Waals surface area contributed by atoms with Crippen molar-refractivity contribution < 1.29 is 18.8 Å². The minimum Gasteiger partial charge on any atom is -0.147 e. The van der Waals surface area contributed by atoms with E-state index in [4.69, 9.17) is 0 Å². The molecule has 0 amide bonds. The maximum absolute atomic E-state index is 3.97. The molecule has 28 heavy (non-hydrogen) atoms. The van der Waals surface area contributed by atoms with Crippen molar-refractivity contribution in [2.45, 2.75) is 32.1 Å². The second-order valence-corrected chi connectivity index (χ2v) is 21.9. The van der Waals surface area contributed by atoms with E-state index in [-0.39, 0.29) is 24.8 Å². The Morgan fingerprint density at radius 1 is 0.393 bits per heavy atom. The van der Waals surface area contributed by atoms with Crippen LogP contribution >= 0.6 is 24.8 Å². The van der Waals surface area contributed by atoms with Gasteiger partial charge in [0.1, 0.15) is 0 Å². The van der Waals surface area contributed by atoms with Crippen LogP contribution in [0.2, 0.25) is 0 Å². The number of hydrogen-bond acceptors (Lipinski definition) is 0. The van der Waals surface area contributed by atoms with Gasteiger partial charge < -0.3 is 0 Å². The third kappa shape index (κ3) is 2.60. The zero-order chi connectivity index (χ0) is 17.5. The van der Waals surface area contributed by atoms with Crippen LogP contribution in [0.4, 0.5) is 0 Å². The van der Waals surface area contributed by atoms with Crippen LogP contribution in [-0.2, 0) is 18.8 Å². The fraction of sp³-hybridized carbons (Fsp3) is 0.200. The molecule has 5 rings (SSSR count). The molecule has 0 spiro atoms. The molecule has 0 aromatic carbocycles. The molecule has 0 bridgehead atoms. The summed E-state index contributed by atoms with van der Waals surface area (Å²) in [6, 6.07) is 0. The second kappa shape index (κ2) is 8.31. The van der Waals surface area contributed by atoms with E-state index >= 15 is 0 Å². The van der Waals surface area contributed by atoms with E-state index in [0.717, 1.165) is 32.1 Å². The fourth-order valence-electron chi connectivity index (χ4n) is 6.15. The number of rotatable bonds is 5. The Bertz CT molecular complexity index is 782. The van der Waals surface area contributed by atoms with E-state index in [1.807, 2.05) is 0 Å². The van der Waals surface area contributed by atoms with Gasteiger partial charge in [0.25, 0.3) is 0 Å². The normalized spacial score (nSPS) is 22.9. The average molecular weight is 490 g/mol. The van der Waals surface area contributed by atoms with Gasteiger partial charge in [0.05, 0.1) is 0 Å². The summed E-state index contributed by atoms with van der Waals surface area (Å²) < 4.78 is 8.69. The SMILES string of the molecule is C1=CC[C]([Zr]([C]2=CC=CC2)([C]2=CC=CC2)([C]2=CC=CC2)[C]2=CC=CC2)=C1.Cl.Cl.